The summed E-state index contributed by atoms with van der Waals surface area (Å²) in [6.07, 6.45) is 8.97. The lowest BCUT2D eigenvalue weighted by molar-refractivity contribution is 0.235. The lowest BCUT2D eigenvalue weighted by Gasteiger charge is -2.35. The van der Waals surface area contributed by atoms with Crippen LogP contribution < -0.4 is 0 Å². The third-order valence-electron chi connectivity index (χ3n) is 6.59. The van der Waals surface area contributed by atoms with Crippen LogP contribution in [-0.4, -0.2) is 19.1 Å². The molecule has 1 saturated carbocycles. The van der Waals surface area contributed by atoms with E-state index < -0.39 is 0 Å². The summed E-state index contributed by atoms with van der Waals surface area (Å²) in [4.78, 5) is 9.61. The molecule has 4 heteroatoms. The molecule has 152 valence electrons. The standard InChI is InChI=1S/C26H28N4/c1-19-25(21-11-5-3-6-12-21)27-17-29(19)23-15-9-10-16-24(23)30-18-28-26(20(30)2)22-13-7-4-8-14-22/h3-8,11-14,17-18,23-24H,9-10,15-16H2,1-2H3/t23-,24-/m1/s1. The van der Waals surface area contributed by atoms with E-state index in [1.165, 1.54) is 48.2 Å². The summed E-state index contributed by atoms with van der Waals surface area (Å²) in [5.74, 6) is 0. The van der Waals surface area contributed by atoms with E-state index in [-0.39, 0.29) is 0 Å². The molecule has 0 spiro atoms. The smallest absolute Gasteiger partial charge is 0.0959 e. The number of benzene rings is 2. The van der Waals surface area contributed by atoms with E-state index in [1.54, 1.807) is 0 Å². The van der Waals surface area contributed by atoms with Gasteiger partial charge in [-0.05, 0) is 26.7 Å². The van der Waals surface area contributed by atoms with Crippen molar-refractivity contribution in [1.29, 1.82) is 0 Å². The molecule has 1 aliphatic carbocycles. The Labute approximate surface area is 178 Å². The Balaban J connectivity index is 1.51. The largest absolute Gasteiger partial charge is 0.329 e. The van der Waals surface area contributed by atoms with Gasteiger partial charge in [0.2, 0.25) is 0 Å². The molecule has 1 aliphatic rings. The second-order valence-electron chi connectivity index (χ2n) is 8.32. The quantitative estimate of drug-likeness (QED) is 0.401. The number of aromatic nitrogens is 4. The van der Waals surface area contributed by atoms with Crippen LogP contribution in [0, 0.1) is 13.8 Å². The van der Waals surface area contributed by atoms with E-state index in [0.29, 0.717) is 12.1 Å². The zero-order valence-corrected chi connectivity index (χ0v) is 17.7. The van der Waals surface area contributed by atoms with Crippen molar-refractivity contribution in [1.82, 2.24) is 19.1 Å². The van der Waals surface area contributed by atoms with Crippen molar-refractivity contribution in [3.8, 4) is 22.5 Å². The third-order valence-corrected chi connectivity index (χ3v) is 6.59. The van der Waals surface area contributed by atoms with E-state index in [2.05, 4.69) is 83.6 Å². The molecule has 0 bridgehead atoms. The Morgan fingerprint density at radius 3 is 1.43 bits per heavy atom. The Kier molecular flexibility index (Phi) is 4.99. The minimum Gasteiger partial charge on any atom is -0.329 e. The first-order valence-corrected chi connectivity index (χ1v) is 10.9. The molecule has 2 atom stereocenters. The molecule has 0 amide bonds. The third kappa shape index (κ3) is 3.26. The maximum Gasteiger partial charge on any atom is 0.0959 e. The second kappa shape index (κ2) is 7.94. The highest BCUT2D eigenvalue weighted by atomic mass is 15.2. The van der Waals surface area contributed by atoms with E-state index in [1.807, 2.05) is 12.7 Å². The summed E-state index contributed by atoms with van der Waals surface area (Å²) in [5, 5.41) is 0. The van der Waals surface area contributed by atoms with Crippen LogP contribution in [0.25, 0.3) is 22.5 Å². The average Bonchev–Trinajstić information content (AvgIpc) is 3.37. The molecule has 0 aliphatic heterocycles. The highest BCUT2D eigenvalue weighted by Crippen LogP contribution is 2.41. The number of imidazole rings is 2. The first-order valence-electron chi connectivity index (χ1n) is 10.9. The summed E-state index contributed by atoms with van der Waals surface area (Å²) in [6, 6.07) is 21.8. The molecular weight excluding hydrogens is 368 g/mol. The molecule has 30 heavy (non-hydrogen) atoms. The van der Waals surface area contributed by atoms with Gasteiger partial charge in [-0.2, -0.15) is 0 Å². The Morgan fingerprint density at radius 2 is 1.03 bits per heavy atom. The van der Waals surface area contributed by atoms with Crippen molar-refractivity contribution in [2.45, 2.75) is 51.6 Å². The molecule has 2 heterocycles. The molecular formula is C26H28N4. The van der Waals surface area contributed by atoms with Crippen molar-refractivity contribution in [3.63, 3.8) is 0 Å². The summed E-state index contributed by atoms with van der Waals surface area (Å²) in [6.45, 7) is 4.41. The van der Waals surface area contributed by atoms with Crippen molar-refractivity contribution < 1.29 is 0 Å². The molecule has 1 fully saturated rings. The fourth-order valence-electron chi connectivity index (χ4n) is 5.01. The van der Waals surface area contributed by atoms with Gasteiger partial charge in [-0.3, -0.25) is 0 Å². The van der Waals surface area contributed by atoms with E-state index in [0.717, 1.165) is 11.4 Å². The van der Waals surface area contributed by atoms with Crippen LogP contribution in [-0.2, 0) is 0 Å². The predicted molar refractivity (Wildman–Crippen MR) is 121 cm³/mol. The van der Waals surface area contributed by atoms with Crippen LogP contribution in [0.5, 0.6) is 0 Å². The summed E-state index contributed by atoms with van der Waals surface area (Å²) < 4.78 is 4.82. The number of nitrogens with zero attached hydrogens (tertiary/aromatic N) is 4. The molecule has 4 aromatic rings. The SMILES string of the molecule is Cc1c(-c2ccccc2)ncn1[C@@H]1CCCC[C@H]1n1cnc(-c2ccccc2)c1C. The minimum atomic E-state index is 0.403. The van der Waals surface area contributed by atoms with Crippen molar-refractivity contribution in [3.05, 3.63) is 84.7 Å². The topological polar surface area (TPSA) is 35.6 Å². The molecule has 0 unspecified atom stereocenters. The monoisotopic (exact) mass is 396 g/mol. The van der Waals surface area contributed by atoms with Crippen LogP contribution in [0.4, 0.5) is 0 Å². The zero-order valence-electron chi connectivity index (χ0n) is 17.7. The first-order chi connectivity index (χ1) is 14.7. The summed E-state index contributed by atoms with van der Waals surface area (Å²) in [7, 11) is 0. The van der Waals surface area contributed by atoms with Gasteiger partial charge in [0.15, 0.2) is 0 Å². The van der Waals surface area contributed by atoms with Gasteiger partial charge in [-0.25, -0.2) is 9.97 Å². The second-order valence-corrected chi connectivity index (χ2v) is 8.32. The van der Waals surface area contributed by atoms with Crippen LogP contribution >= 0.6 is 0 Å². The first kappa shape index (κ1) is 18.9. The molecule has 0 saturated heterocycles. The fraction of sp³-hybridized carbons (Fsp3) is 0.308. The number of hydrogen-bond acceptors (Lipinski definition) is 2. The zero-order chi connectivity index (χ0) is 20.5. The Morgan fingerprint density at radius 1 is 0.633 bits per heavy atom. The van der Waals surface area contributed by atoms with E-state index in [4.69, 9.17) is 9.97 Å². The molecule has 0 radical (unpaired) electrons. The summed E-state index contributed by atoms with van der Waals surface area (Å²) in [5.41, 5.74) is 7.05. The van der Waals surface area contributed by atoms with Gasteiger partial charge in [0.25, 0.3) is 0 Å². The normalized spacial score (nSPS) is 19.1. The Bertz CT molecular complexity index is 1030. The maximum absolute atomic E-state index is 4.80. The molecule has 5 rings (SSSR count). The molecule has 2 aromatic heterocycles. The maximum atomic E-state index is 4.80. The molecule has 4 nitrogen and oxygen atoms in total. The van der Waals surface area contributed by atoms with E-state index >= 15 is 0 Å². The fourth-order valence-corrected chi connectivity index (χ4v) is 5.01. The molecule has 0 N–H and O–H groups in total. The van der Waals surface area contributed by atoms with Crippen LogP contribution in [0.1, 0.15) is 49.2 Å². The highest BCUT2D eigenvalue weighted by molar-refractivity contribution is 5.62. The van der Waals surface area contributed by atoms with Crippen molar-refractivity contribution in [2.75, 3.05) is 0 Å². The predicted octanol–water partition coefficient (Wildman–Crippen LogP) is 6.39. The molecule has 2 aromatic carbocycles. The lowest BCUT2D eigenvalue weighted by atomic mass is 9.89. The van der Waals surface area contributed by atoms with Crippen LogP contribution in [0.3, 0.4) is 0 Å². The van der Waals surface area contributed by atoms with Gasteiger partial charge in [0, 0.05) is 22.5 Å². The minimum absolute atomic E-state index is 0.403. The van der Waals surface area contributed by atoms with Gasteiger partial charge < -0.3 is 9.13 Å². The summed E-state index contributed by atoms with van der Waals surface area (Å²) >= 11 is 0. The number of hydrogen-bond donors (Lipinski definition) is 0. The average molecular weight is 397 g/mol. The number of rotatable bonds is 4. The van der Waals surface area contributed by atoms with E-state index in [9.17, 15) is 0 Å². The highest BCUT2D eigenvalue weighted by Gasteiger charge is 2.31. The lowest BCUT2D eigenvalue weighted by Crippen LogP contribution is -2.27. The van der Waals surface area contributed by atoms with Gasteiger partial charge >= 0.3 is 0 Å². The van der Waals surface area contributed by atoms with Gasteiger partial charge in [-0.1, -0.05) is 73.5 Å². The van der Waals surface area contributed by atoms with Gasteiger partial charge in [0.1, 0.15) is 0 Å². The van der Waals surface area contributed by atoms with Gasteiger partial charge in [0.05, 0.1) is 36.1 Å². The van der Waals surface area contributed by atoms with Crippen molar-refractivity contribution >= 4 is 0 Å². The van der Waals surface area contributed by atoms with Crippen molar-refractivity contribution in [2.24, 2.45) is 0 Å². The van der Waals surface area contributed by atoms with Gasteiger partial charge in [-0.15, -0.1) is 0 Å². The van der Waals surface area contributed by atoms with Crippen LogP contribution in [0.2, 0.25) is 0 Å². The van der Waals surface area contributed by atoms with Crippen LogP contribution in [0.15, 0.2) is 73.3 Å². The Hall–Kier alpha value is -3.14.